The average molecular weight is 425 g/mol. The molecule has 7 nitrogen and oxygen atoms in total. The number of amides is 2. The van der Waals surface area contributed by atoms with E-state index in [4.69, 9.17) is 4.74 Å². The summed E-state index contributed by atoms with van der Waals surface area (Å²) in [4.78, 5) is 30.9. The van der Waals surface area contributed by atoms with Gasteiger partial charge in [0.1, 0.15) is 18.2 Å². The number of benzene rings is 1. The van der Waals surface area contributed by atoms with E-state index in [1.807, 2.05) is 23.9 Å². The molecular formula is C22H24N4O3S. The van der Waals surface area contributed by atoms with Crippen molar-refractivity contribution in [3.8, 4) is 5.75 Å². The summed E-state index contributed by atoms with van der Waals surface area (Å²) in [5, 5.41) is 0. The van der Waals surface area contributed by atoms with Gasteiger partial charge < -0.3 is 9.30 Å². The molecule has 2 N–H and O–H groups in total. The van der Waals surface area contributed by atoms with Crippen LogP contribution < -0.4 is 15.6 Å². The molecule has 3 aromatic rings. The predicted molar refractivity (Wildman–Crippen MR) is 114 cm³/mol. The van der Waals surface area contributed by atoms with Crippen molar-refractivity contribution in [2.24, 2.45) is 7.05 Å². The maximum absolute atomic E-state index is 12.4. The number of thiophene rings is 1. The number of imidazole rings is 1. The van der Waals surface area contributed by atoms with Gasteiger partial charge in [0.15, 0.2) is 0 Å². The van der Waals surface area contributed by atoms with Crippen molar-refractivity contribution in [3.63, 3.8) is 0 Å². The van der Waals surface area contributed by atoms with Gasteiger partial charge in [-0.25, -0.2) is 4.98 Å². The second-order valence-electron chi connectivity index (χ2n) is 7.30. The van der Waals surface area contributed by atoms with Crippen LogP contribution in [0.3, 0.4) is 0 Å². The van der Waals surface area contributed by atoms with E-state index in [-0.39, 0.29) is 11.8 Å². The number of hydrazine groups is 1. The molecule has 1 aromatic carbocycles. The van der Waals surface area contributed by atoms with Crippen molar-refractivity contribution >= 4 is 23.2 Å². The van der Waals surface area contributed by atoms with Gasteiger partial charge in [-0.05, 0) is 61.6 Å². The lowest BCUT2D eigenvalue weighted by Crippen LogP contribution is -2.41. The molecular weight excluding hydrogens is 400 g/mol. The molecule has 1 aliphatic carbocycles. The lowest BCUT2D eigenvalue weighted by atomic mass is 10.1. The van der Waals surface area contributed by atoms with Crippen molar-refractivity contribution in [2.45, 2.75) is 38.7 Å². The Bertz CT molecular complexity index is 1020. The van der Waals surface area contributed by atoms with Gasteiger partial charge in [0.05, 0.1) is 4.88 Å². The third kappa shape index (κ3) is 4.71. The van der Waals surface area contributed by atoms with Crippen LogP contribution in [0, 0.1) is 0 Å². The molecule has 0 atom stereocenters. The molecule has 8 heteroatoms. The van der Waals surface area contributed by atoms with Crippen LogP contribution in [-0.2, 0) is 26.5 Å². The number of carbonyl (C=O) groups excluding carboxylic acids is 2. The van der Waals surface area contributed by atoms with Crippen LogP contribution in [0.1, 0.15) is 55.6 Å². The van der Waals surface area contributed by atoms with Gasteiger partial charge in [-0.2, -0.15) is 0 Å². The Morgan fingerprint density at radius 1 is 1.10 bits per heavy atom. The number of aryl methyl sites for hydroxylation is 3. The number of rotatable bonds is 5. The fourth-order valence-electron chi connectivity index (χ4n) is 3.41. The van der Waals surface area contributed by atoms with Crippen LogP contribution in [0.4, 0.5) is 0 Å². The van der Waals surface area contributed by atoms with Crippen molar-refractivity contribution in [1.82, 2.24) is 20.4 Å². The third-order valence-corrected chi connectivity index (χ3v) is 6.40. The summed E-state index contributed by atoms with van der Waals surface area (Å²) in [7, 11) is 1.90. The summed E-state index contributed by atoms with van der Waals surface area (Å²) in [6.45, 7) is 0.343. The topological polar surface area (TPSA) is 85.2 Å². The van der Waals surface area contributed by atoms with E-state index in [1.54, 1.807) is 30.5 Å². The molecule has 0 bridgehead atoms. The highest BCUT2D eigenvalue weighted by Crippen LogP contribution is 2.28. The van der Waals surface area contributed by atoms with E-state index in [2.05, 4.69) is 15.8 Å². The Morgan fingerprint density at radius 3 is 2.63 bits per heavy atom. The first-order valence-corrected chi connectivity index (χ1v) is 10.8. The summed E-state index contributed by atoms with van der Waals surface area (Å²) >= 11 is 1.52. The highest BCUT2D eigenvalue weighted by atomic mass is 32.1. The molecule has 0 saturated heterocycles. The van der Waals surface area contributed by atoms with Crippen LogP contribution in [0.15, 0.2) is 42.7 Å². The van der Waals surface area contributed by atoms with Crippen molar-refractivity contribution in [1.29, 1.82) is 0 Å². The number of nitrogens with zero attached hydrogens (tertiary/aromatic N) is 2. The van der Waals surface area contributed by atoms with Gasteiger partial charge in [-0.1, -0.05) is 6.42 Å². The number of hydrogen-bond acceptors (Lipinski definition) is 5. The number of carbonyl (C=O) groups is 2. The largest absolute Gasteiger partial charge is 0.486 e. The minimum Gasteiger partial charge on any atom is -0.486 e. The second-order valence-corrected chi connectivity index (χ2v) is 8.43. The fraction of sp³-hybridized carbons (Fsp3) is 0.318. The van der Waals surface area contributed by atoms with E-state index < -0.39 is 0 Å². The molecule has 30 heavy (non-hydrogen) atoms. The Kier molecular flexibility index (Phi) is 6.13. The Labute approximate surface area is 179 Å². The predicted octanol–water partition coefficient (Wildman–Crippen LogP) is 3.40. The fourth-order valence-corrected chi connectivity index (χ4v) is 4.56. The van der Waals surface area contributed by atoms with E-state index >= 15 is 0 Å². The number of fused-ring (bicyclic) bond motifs is 1. The Balaban J connectivity index is 1.29. The van der Waals surface area contributed by atoms with Gasteiger partial charge in [0, 0.05) is 29.9 Å². The van der Waals surface area contributed by atoms with Crippen molar-refractivity contribution in [3.05, 3.63) is 69.4 Å². The molecule has 4 rings (SSSR count). The summed E-state index contributed by atoms with van der Waals surface area (Å²) in [5.74, 6) is 0.789. The first kappa shape index (κ1) is 20.2. The SMILES string of the molecule is Cn1ccnc1COc1ccc(C(=O)NNC(=O)c2cc3c(s2)CCCCC3)cc1. The smallest absolute Gasteiger partial charge is 0.279 e. The number of nitrogens with one attached hydrogen (secondary N) is 2. The molecule has 1 aliphatic rings. The van der Waals surface area contributed by atoms with E-state index in [1.165, 1.54) is 41.0 Å². The van der Waals surface area contributed by atoms with E-state index in [0.717, 1.165) is 18.7 Å². The van der Waals surface area contributed by atoms with Gasteiger partial charge in [0.25, 0.3) is 11.8 Å². The van der Waals surface area contributed by atoms with Crippen LogP contribution in [0.25, 0.3) is 0 Å². The van der Waals surface area contributed by atoms with E-state index in [0.29, 0.717) is 22.8 Å². The highest BCUT2D eigenvalue weighted by molar-refractivity contribution is 7.14. The maximum atomic E-state index is 12.4. The average Bonchev–Trinajstić information content (AvgIpc) is 3.30. The summed E-state index contributed by atoms with van der Waals surface area (Å²) in [6, 6.07) is 8.71. The van der Waals surface area contributed by atoms with Crippen LogP contribution in [0.2, 0.25) is 0 Å². The van der Waals surface area contributed by atoms with Crippen LogP contribution in [0.5, 0.6) is 5.75 Å². The van der Waals surface area contributed by atoms with E-state index in [9.17, 15) is 9.59 Å². The monoisotopic (exact) mass is 424 g/mol. The molecule has 2 aromatic heterocycles. The summed E-state index contributed by atoms with van der Waals surface area (Å²) in [6.07, 6.45) is 9.22. The van der Waals surface area contributed by atoms with Gasteiger partial charge in [-0.15, -0.1) is 11.3 Å². The molecule has 0 aliphatic heterocycles. The zero-order valence-electron chi connectivity index (χ0n) is 16.8. The Hall–Kier alpha value is -3.13. The number of ether oxygens (including phenoxy) is 1. The Morgan fingerprint density at radius 2 is 1.87 bits per heavy atom. The maximum Gasteiger partial charge on any atom is 0.279 e. The van der Waals surface area contributed by atoms with Crippen molar-refractivity contribution < 1.29 is 14.3 Å². The minimum atomic E-state index is -0.378. The zero-order chi connectivity index (χ0) is 20.9. The third-order valence-electron chi connectivity index (χ3n) is 5.17. The lowest BCUT2D eigenvalue weighted by molar-refractivity contribution is 0.0849. The van der Waals surface area contributed by atoms with Crippen LogP contribution in [-0.4, -0.2) is 21.4 Å². The van der Waals surface area contributed by atoms with Gasteiger partial charge in [-0.3, -0.25) is 20.4 Å². The number of hydrogen-bond donors (Lipinski definition) is 2. The van der Waals surface area contributed by atoms with Crippen molar-refractivity contribution in [2.75, 3.05) is 0 Å². The molecule has 0 spiro atoms. The van der Waals surface area contributed by atoms with Gasteiger partial charge >= 0.3 is 0 Å². The van der Waals surface area contributed by atoms with Gasteiger partial charge in [0.2, 0.25) is 0 Å². The molecule has 0 fully saturated rings. The van der Waals surface area contributed by atoms with Crippen LogP contribution >= 0.6 is 11.3 Å². The zero-order valence-corrected chi connectivity index (χ0v) is 17.6. The normalized spacial score (nSPS) is 13.2. The summed E-state index contributed by atoms with van der Waals surface area (Å²) < 4.78 is 7.57. The molecule has 0 radical (unpaired) electrons. The highest BCUT2D eigenvalue weighted by Gasteiger charge is 2.17. The summed E-state index contributed by atoms with van der Waals surface area (Å²) in [5.41, 5.74) is 6.71. The molecule has 2 amide bonds. The minimum absolute atomic E-state index is 0.281. The molecule has 2 heterocycles. The first-order chi connectivity index (χ1) is 14.6. The quantitative estimate of drug-likeness (QED) is 0.486. The first-order valence-electron chi connectivity index (χ1n) is 10.0. The number of aromatic nitrogens is 2. The standard InChI is InChI=1S/C22H24N4O3S/c1-26-12-11-23-20(26)14-29-17-9-7-15(8-10-17)21(27)24-25-22(28)19-13-16-5-3-2-4-6-18(16)30-19/h7-13H,2-6,14H2,1H3,(H,24,27)(H,25,28). The lowest BCUT2D eigenvalue weighted by Gasteiger charge is -2.08. The molecule has 0 unspecified atom stereocenters. The second kappa shape index (κ2) is 9.13. The molecule has 156 valence electrons. The molecule has 0 saturated carbocycles.